The van der Waals surface area contributed by atoms with E-state index in [1.165, 1.54) is 4.31 Å². The zero-order valence-electron chi connectivity index (χ0n) is 10.8. The highest BCUT2D eigenvalue weighted by atomic mass is 32.2. The third kappa shape index (κ3) is 6.42. The lowest BCUT2D eigenvalue weighted by Crippen LogP contribution is -2.40. The molecule has 0 fully saturated rings. The van der Waals surface area contributed by atoms with Gasteiger partial charge in [0.05, 0.1) is 0 Å². The molecule has 0 amide bonds. The third-order valence-electron chi connectivity index (χ3n) is 2.62. The van der Waals surface area contributed by atoms with Crippen LogP contribution in [0.15, 0.2) is 0 Å². The first kappa shape index (κ1) is 15.8. The van der Waals surface area contributed by atoms with E-state index in [2.05, 4.69) is 17.0 Å². The number of rotatable bonds is 9. The van der Waals surface area contributed by atoms with Gasteiger partial charge in [0.1, 0.15) is 0 Å². The molecular formula is C10H25N3O2S. The second kappa shape index (κ2) is 8.00. The van der Waals surface area contributed by atoms with Crippen molar-refractivity contribution < 1.29 is 8.42 Å². The minimum atomic E-state index is -3.29. The van der Waals surface area contributed by atoms with Gasteiger partial charge in [-0.3, -0.25) is 0 Å². The highest BCUT2D eigenvalue weighted by molar-refractivity contribution is 7.87. The molecule has 16 heavy (non-hydrogen) atoms. The molecule has 1 atom stereocenters. The van der Waals surface area contributed by atoms with Crippen LogP contribution in [0.1, 0.15) is 26.7 Å². The predicted molar refractivity (Wildman–Crippen MR) is 67.6 cm³/mol. The molecule has 0 aromatic rings. The molecule has 98 valence electrons. The van der Waals surface area contributed by atoms with E-state index in [-0.39, 0.29) is 0 Å². The summed E-state index contributed by atoms with van der Waals surface area (Å²) in [6.45, 7) is 5.95. The van der Waals surface area contributed by atoms with Crippen molar-refractivity contribution >= 4 is 10.2 Å². The molecule has 0 rings (SSSR count). The molecule has 2 N–H and O–H groups in total. The van der Waals surface area contributed by atoms with Crippen LogP contribution < -0.4 is 10.0 Å². The fourth-order valence-electron chi connectivity index (χ4n) is 1.10. The Morgan fingerprint density at radius 3 is 2.50 bits per heavy atom. The highest BCUT2D eigenvalue weighted by Crippen LogP contribution is 2.01. The Balaban J connectivity index is 4.01. The molecule has 0 heterocycles. The standard InChI is InChI=1S/C10H25N3O2S/c1-5-10(2)9-12-16(14,15)13(4)8-6-7-11-3/h10-12H,5-9H2,1-4H3. The second-order valence-electron chi connectivity index (χ2n) is 4.15. The molecule has 0 saturated carbocycles. The van der Waals surface area contributed by atoms with Crippen molar-refractivity contribution in [3.63, 3.8) is 0 Å². The summed E-state index contributed by atoms with van der Waals surface area (Å²) in [7, 11) is 0.172. The van der Waals surface area contributed by atoms with Crippen LogP contribution in [0.5, 0.6) is 0 Å². The van der Waals surface area contributed by atoms with Crippen LogP contribution in [0.2, 0.25) is 0 Å². The smallest absolute Gasteiger partial charge is 0.279 e. The average molecular weight is 251 g/mol. The quantitative estimate of drug-likeness (QED) is 0.583. The summed E-state index contributed by atoms with van der Waals surface area (Å²) in [4.78, 5) is 0. The molecule has 0 aromatic carbocycles. The van der Waals surface area contributed by atoms with Crippen molar-refractivity contribution in [1.82, 2.24) is 14.3 Å². The summed E-state index contributed by atoms with van der Waals surface area (Å²) in [5.74, 6) is 0.375. The lowest BCUT2D eigenvalue weighted by atomic mass is 10.1. The predicted octanol–water partition coefficient (Wildman–Crippen LogP) is 0.408. The Morgan fingerprint density at radius 1 is 1.38 bits per heavy atom. The Labute approximate surface area is 99.8 Å². The summed E-state index contributed by atoms with van der Waals surface area (Å²) in [5, 5.41) is 2.99. The van der Waals surface area contributed by atoms with Crippen LogP contribution in [0.25, 0.3) is 0 Å². The Bertz CT molecular complexity index is 267. The molecular weight excluding hydrogens is 226 g/mol. The maximum atomic E-state index is 11.7. The van der Waals surface area contributed by atoms with E-state index in [1.807, 2.05) is 14.0 Å². The van der Waals surface area contributed by atoms with E-state index in [4.69, 9.17) is 0 Å². The number of nitrogens with one attached hydrogen (secondary N) is 2. The SMILES string of the molecule is CCC(C)CNS(=O)(=O)N(C)CCCNC. The molecule has 0 saturated heterocycles. The molecule has 0 bridgehead atoms. The fraction of sp³-hybridized carbons (Fsp3) is 1.00. The van der Waals surface area contributed by atoms with Crippen LogP contribution in [0.3, 0.4) is 0 Å². The van der Waals surface area contributed by atoms with Crippen molar-refractivity contribution in [2.24, 2.45) is 5.92 Å². The maximum Gasteiger partial charge on any atom is 0.279 e. The first-order chi connectivity index (χ1) is 7.44. The average Bonchev–Trinajstić information content (AvgIpc) is 2.26. The zero-order valence-corrected chi connectivity index (χ0v) is 11.6. The Kier molecular flexibility index (Phi) is 7.91. The largest absolute Gasteiger partial charge is 0.320 e. The monoisotopic (exact) mass is 251 g/mol. The summed E-state index contributed by atoms with van der Waals surface area (Å²) < 4.78 is 27.5. The van der Waals surface area contributed by atoms with E-state index in [0.29, 0.717) is 19.0 Å². The lowest BCUT2D eigenvalue weighted by Gasteiger charge is -2.19. The van der Waals surface area contributed by atoms with Gasteiger partial charge in [-0.2, -0.15) is 12.7 Å². The van der Waals surface area contributed by atoms with Gasteiger partial charge in [-0.1, -0.05) is 20.3 Å². The van der Waals surface area contributed by atoms with Crippen molar-refractivity contribution in [1.29, 1.82) is 0 Å². The van der Waals surface area contributed by atoms with Crippen molar-refractivity contribution in [2.75, 3.05) is 33.7 Å². The van der Waals surface area contributed by atoms with E-state index in [1.54, 1.807) is 7.05 Å². The van der Waals surface area contributed by atoms with E-state index < -0.39 is 10.2 Å². The summed E-state index contributed by atoms with van der Waals surface area (Å²) in [5.41, 5.74) is 0. The first-order valence-corrected chi connectivity index (χ1v) is 7.23. The molecule has 0 radical (unpaired) electrons. The van der Waals surface area contributed by atoms with Gasteiger partial charge in [0.25, 0.3) is 10.2 Å². The van der Waals surface area contributed by atoms with Crippen molar-refractivity contribution in [3.8, 4) is 0 Å². The summed E-state index contributed by atoms with van der Waals surface area (Å²) in [6.07, 6.45) is 1.79. The lowest BCUT2D eigenvalue weighted by molar-refractivity contribution is 0.438. The van der Waals surface area contributed by atoms with Gasteiger partial charge in [0.15, 0.2) is 0 Å². The highest BCUT2D eigenvalue weighted by Gasteiger charge is 2.16. The van der Waals surface area contributed by atoms with Crippen LogP contribution >= 0.6 is 0 Å². The van der Waals surface area contributed by atoms with Crippen LogP contribution in [-0.2, 0) is 10.2 Å². The maximum absolute atomic E-state index is 11.7. The van der Waals surface area contributed by atoms with Crippen LogP contribution in [0, 0.1) is 5.92 Å². The molecule has 1 unspecified atom stereocenters. The van der Waals surface area contributed by atoms with Gasteiger partial charge in [-0.05, 0) is 25.9 Å². The molecule has 6 heteroatoms. The van der Waals surface area contributed by atoms with Gasteiger partial charge in [0, 0.05) is 20.1 Å². The second-order valence-corrected chi connectivity index (χ2v) is 6.01. The topological polar surface area (TPSA) is 61.4 Å². The van der Waals surface area contributed by atoms with Crippen LogP contribution in [0.4, 0.5) is 0 Å². The molecule has 0 aliphatic rings. The van der Waals surface area contributed by atoms with Gasteiger partial charge in [-0.15, -0.1) is 0 Å². The minimum Gasteiger partial charge on any atom is -0.320 e. The molecule has 0 spiro atoms. The fourth-order valence-corrected chi connectivity index (χ4v) is 2.19. The van der Waals surface area contributed by atoms with E-state index in [9.17, 15) is 8.42 Å². The van der Waals surface area contributed by atoms with Gasteiger partial charge in [-0.25, -0.2) is 4.72 Å². The normalized spacial score (nSPS) is 14.3. The third-order valence-corrected chi connectivity index (χ3v) is 4.16. The molecule has 0 aromatic heterocycles. The minimum absolute atomic E-state index is 0.375. The molecule has 0 aliphatic heterocycles. The van der Waals surface area contributed by atoms with Crippen molar-refractivity contribution in [2.45, 2.75) is 26.7 Å². The number of hydrogen-bond acceptors (Lipinski definition) is 3. The van der Waals surface area contributed by atoms with Gasteiger partial charge in [0.2, 0.25) is 0 Å². The Morgan fingerprint density at radius 2 is 2.00 bits per heavy atom. The van der Waals surface area contributed by atoms with Gasteiger partial charge < -0.3 is 5.32 Å². The van der Waals surface area contributed by atoms with Crippen molar-refractivity contribution in [3.05, 3.63) is 0 Å². The molecule has 0 aliphatic carbocycles. The summed E-state index contributed by atoms with van der Waals surface area (Å²) >= 11 is 0. The van der Waals surface area contributed by atoms with Crippen LogP contribution in [-0.4, -0.2) is 46.5 Å². The number of hydrogen-bond donors (Lipinski definition) is 2. The van der Waals surface area contributed by atoms with E-state index >= 15 is 0 Å². The Hall–Kier alpha value is -0.170. The number of nitrogens with zero attached hydrogens (tertiary/aromatic N) is 1. The first-order valence-electron chi connectivity index (χ1n) is 5.79. The zero-order chi connectivity index (χ0) is 12.6. The van der Waals surface area contributed by atoms with Gasteiger partial charge >= 0.3 is 0 Å². The van der Waals surface area contributed by atoms with E-state index in [0.717, 1.165) is 19.4 Å². The molecule has 5 nitrogen and oxygen atoms in total. The summed E-state index contributed by atoms with van der Waals surface area (Å²) in [6, 6.07) is 0.